The van der Waals surface area contributed by atoms with Gasteiger partial charge >= 0.3 is 0 Å². The number of hydrogen-bond donors (Lipinski definition) is 1. The van der Waals surface area contributed by atoms with E-state index < -0.39 is 0 Å². The smallest absolute Gasteiger partial charge is 0.227 e. The van der Waals surface area contributed by atoms with Crippen molar-refractivity contribution in [2.75, 3.05) is 17.2 Å². The first-order chi connectivity index (χ1) is 9.19. The van der Waals surface area contributed by atoms with E-state index in [0.717, 1.165) is 34.6 Å². The number of benzene rings is 1. The maximum atomic E-state index is 12.2. The van der Waals surface area contributed by atoms with Crippen LogP contribution < -0.4 is 4.90 Å². The number of anilines is 1. The Balaban J connectivity index is 2.12. The lowest BCUT2D eigenvalue weighted by atomic mass is 10.1. The maximum absolute atomic E-state index is 12.2. The minimum atomic E-state index is 0.190. The van der Waals surface area contributed by atoms with Crippen molar-refractivity contribution in [2.45, 2.75) is 13.3 Å². The molecule has 1 amide bonds. The fourth-order valence-electron chi connectivity index (χ4n) is 2.65. The monoisotopic (exact) mass is 272 g/mol. The lowest BCUT2D eigenvalue weighted by Gasteiger charge is -2.19. The van der Waals surface area contributed by atoms with E-state index in [0.29, 0.717) is 12.3 Å². The molecule has 1 aromatic heterocycles. The van der Waals surface area contributed by atoms with Crippen LogP contribution in [0.4, 0.5) is 5.69 Å². The average molecular weight is 272 g/mol. The van der Waals surface area contributed by atoms with Gasteiger partial charge < -0.3 is 4.90 Å². The summed E-state index contributed by atoms with van der Waals surface area (Å²) < 4.78 is 0. The van der Waals surface area contributed by atoms with Gasteiger partial charge in [-0.3, -0.25) is 9.78 Å². The highest BCUT2D eigenvalue weighted by Crippen LogP contribution is 2.31. The van der Waals surface area contributed by atoms with Crippen LogP contribution in [0.15, 0.2) is 30.3 Å². The summed E-state index contributed by atoms with van der Waals surface area (Å²) in [6.07, 6.45) is 0.596. The zero-order chi connectivity index (χ0) is 13.4. The molecule has 0 spiro atoms. The Kier molecular flexibility index (Phi) is 3.19. The molecule has 2 aromatic rings. The molecule has 0 bridgehead atoms. The van der Waals surface area contributed by atoms with Crippen molar-refractivity contribution in [1.29, 1.82) is 0 Å². The third kappa shape index (κ3) is 2.21. The summed E-state index contributed by atoms with van der Waals surface area (Å²) in [6, 6.07) is 9.97. The Morgan fingerprint density at radius 1 is 1.42 bits per heavy atom. The molecule has 1 aliphatic heterocycles. The van der Waals surface area contributed by atoms with Gasteiger partial charge in [0.1, 0.15) is 0 Å². The number of carbonyl (C=O) groups is 1. The third-order valence-corrected chi connectivity index (χ3v) is 4.09. The van der Waals surface area contributed by atoms with Gasteiger partial charge in [-0.15, -0.1) is 0 Å². The molecule has 0 aliphatic carbocycles. The highest BCUT2D eigenvalue weighted by atomic mass is 32.1. The third-order valence-electron chi connectivity index (χ3n) is 3.58. The van der Waals surface area contributed by atoms with E-state index in [9.17, 15) is 4.79 Å². The van der Waals surface area contributed by atoms with Gasteiger partial charge in [0, 0.05) is 24.0 Å². The first-order valence-corrected chi connectivity index (χ1v) is 7.10. The van der Waals surface area contributed by atoms with E-state index in [1.165, 1.54) is 0 Å². The first-order valence-electron chi connectivity index (χ1n) is 6.46. The number of nitrogens with zero attached hydrogens (tertiary/aromatic N) is 2. The molecule has 2 heterocycles. The van der Waals surface area contributed by atoms with Crippen LogP contribution in [0.3, 0.4) is 0 Å². The molecule has 1 atom stereocenters. The van der Waals surface area contributed by atoms with Crippen molar-refractivity contribution >= 4 is 35.1 Å². The summed E-state index contributed by atoms with van der Waals surface area (Å²) in [6.45, 7) is 2.72. The molecule has 1 aliphatic rings. The van der Waals surface area contributed by atoms with Crippen LogP contribution in [-0.2, 0) is 4.79 Å². The van der Waals surface area contributed by atoms with Gasteiger partial charge in [-0.05, 0) is 30.7 Å². The molecule has 1 fully saturated rings. The number of para-hydroxylation sites is 1. The van der Waals surface area contributed by atoms with E-state index in [1.807, 2.05) is 42.2 Å². The Morgan fingerprint density at radius 3 is 2.95 bits per heavy atom. The van der Waals surface area contributed by atoms with Crippen LogP contribution in [0.25, 0.3) is 10.9 Å². The van der Waals surface area contributed by atoms with Gasteiger partial charge in [0.05, 0.1) is 11.2 Å². The van der Waals surface area contributed by atoms with Gasteiger partial charge in [0.15, 0.2) is 0 Å². The predicted octanol–water partition coefficient (Wildman–Crippen LogP) is 2.83. The Morgan fingerprint density at radius 2 is 2.21 bits per heavy atom. The molecule has 3 rings (SSSR count). The number of rotatable bonds is 2. The zero-order valence-corrected chi connectivity index (χ0v) is 11.7. The first kappa shape index (κ1) is 12.5. The van der Waals surface area contributed by atoms with Crippen molar-refractivity contribution < 1.29 is 4.79 Å². The summed E-state index contributed by atoms with van der Waals surface area (Å²) in [7, 11) is 0. The molecule has 0 radical (unpaired) electrons. The fraction of sp³-hybridized carbons (Fsp3) is 0.333. The average Bonchev–Trinajstić information content (AvgIpc) is 2.79. The van der Waals surface area contributed by atoms with Crippen LogP contribution in [0.5, 0.6) is 0 Å². The lowest BCUT2D eigenvalue weighted by molar-refractivity contribution is -0.117. The number of aromatic nitrogens is 1. The summed E-state index contributed by atoms with van der Waals surface area (Å²) in [5, 5.41) is 1.04. The molecule has 0 saturated carbocycles. The minimum Gasteiger partial charge on any atom is -0.311 e. The van der Waals surface area contributed by atoms with Gasteiger partial charge in [-0.25, -0.2) is 0 Å². The Labute approximate surface area is 118 Å². The zero-order valence-electron chi connectivity index (χ0n) is 10.8. The number of pyridine rings is 1. The highest BCUT2D eigenvalue weighted by molar-refractivity contribution is 7.80. The minimum absolute atomic E-state index is 0.190. The van der Waals surface area contributed by atoms with Crippen LogP contribution in [0.2, 0.25) is 0 Å². The van der Waals surface area contributed by atoms with Crippen molar-refractivity contribution in [2.24, 2.45) is 5.92 Å². The van der Waals surface area contributed by atoms with E-state index in [2.05, 4.69) is 17.6 Å². The molecule has 4 heteroatoms. The fourth-order valence-corrected chi connectivity index (χ4v) is 2.89. The second kappa shape index (κ2) is 4.85. The quantitative estimate of drug-likeness (QED) is 0.853. The highest BCUT2D eigenvalue weighted by Gasteiger charge is 2.30. The maximum Gasteiger partial charge on any atom is 0.227 e. The number of thiol groups is 1. The second-order valence-corrected chi connectivity index (χ2v) is 5.42. The molecule has 1 aromatic carbocycles. The summed E-state index contributed by atoms with van der Waals surface area (Å²) >= 11 is 4.31. The van der Waals surface area contributed by atoms with E-state index >= 15 is 0 Å². The molecule has 1 unspecified atom stereocenters. The van der Waals surface area contributed by atoms with Crippen molar-refractivity contribution in [3.05, 3.63) is 36.0 Å². The van der Waals surface area contributed by atoms with Crippen LogP contribution in [0.1, 0.15) is 12.1 Å². The van der Waals surface area contributed by atoms with E-state index in [-0.39, 0.29) is 5.91 Å². The number of aryl methyl sites for hydroxylation is 1. The topological polar surface area (TPSA) is 33.2 Å². The van der Waals surface area contributed by atoms with Gasteiger partial charge in [0.2, 0.25) is 5.91 Å². The van der Waals surface area contributed by atoms with Gasteiger partial charge in [-0.1, -0.05) is 18.2 Å². The Hall–Kier alpha value is -1.55. The summed E-state index contributed by atoms with van der Waals surface area (Å²) in [4.78, 5) is 18.6. The Bertz CT molecular complexity index is 641. The van der Waals surface area contributed by atoms with Crippen molar-refractivity contribution in [1.82, 2.24) is 4.98 Å². The number of carbonyl (C=O) groups excluding carboxylic acids is 1. The summed E-state index contributed by atoms with van der Waals surface area (Å²) in [5.74, 6) is 1.29. The van der Waals surface area contributed by atoms with E-state index in [4.69, 9.17) is 0 Å². The standard InChI is InChI=1S/C15H16N2OS/c1-10-6-14(12-4-2-3-5-13(12)16-10)17-8-11(9-19)7-15(17)18/h2-6,11,19H,7-9H2,1H3. The number of fused-ring (bicyclic) bond motifs is 1. The van der Waals surface area contributed by atoms with Crippen LogP contribution >= 0.6 is 12.6 Å². The molecule has 19 heavy (non-hydrogen) atoms. The SMILES string of the molecule is Cc1cc(N2CC(CS)CC2=O)c2ccccc2n1. The number of amides is 1. The van der Waals surface area contributed by atoms with Crippen molar-refractivity contribution in [3.8, 4) is 0 Å². The molecular formula is C15H16N2OS. The van der Waals surface area contributed by atoms with Crippen LogP contribution in [0, 0.1) is 12.8 Å². The number of hydrogen-bond acceptors (Lipinski definition) is 3. The largest absolute Gasteiger partial charge is 0.311 e. The molecule has 3 nitrogen and oxygen atoms in total. The van der Waals surface area contributed by atoms with Gasteiger partial charge in [-0.2, -0.15) is 12.6 Å². The van der Waals surface area contributed by atoms with E-state index in [1.54, 1.807) is 0 Å². The molecule has 1 saturated heterocycles. The van der Waals surface area contributed by atoms with Crippen molar-refractivity contribution in [3.63, 3.8) is 0 Å². The molecule has 98 valence electrons. The predicted molar refractivity (Wildman–Crippen MR) is 80.8 cm³/mol. The van der Waals surface area contributed by atoms with Crippen LogP contribution in [-0.4, -0.2) is 23.2 Å². The lowest BCUT2D eigenvalue weighted by Crippen LogP contribution is -2.25. The summed E-state index contributed by atoms with van der Waals surface area (Å²) in [5.41, 5.74) is 2.87. The van der Waals surface area contributed by atoms with Gasteiger partial charge in [0.25, 0.3) is 0 Å². The second-order valence-electron chi connectivity index (χ2n) is 5.06. The molecular weight excluding hydrogens is 256 g/mol. The normalized spacial score (nSPS) is 19.4. The molecule has 0 N–H and O–H groups in total.